The van der Waals surface area contributed by atoms with Crippen LogP contribution < -0.4 is 10.1 Å². The van der Waals surface area contributed by atoms with Gasteiger partial charge in [-0.05, 0) is 51.3 Å². The highest BCUT2D eigenvalue weighted by Gasteiger charge is 2.28. The van der Waals surface area contributed by atoms with Gasteiger partial charge in [0.05, 0.1) is 7.11 Å². The maximum absolute atomic E-state index is 12.0. The van der Waals surface area contributed by atoms with Crippen molar-refractivity contribution in [2.75, 3.05) is 26.7 Å². The van der Waals surface area contributed by atoms with Gasteiger partial charge < -0.3 is 14.8 Å². The summed E-state index contributed by atoms with van der Waals surface area (Å²) < 4.78 is 11.2. The number of methoxy groups -OCH3 is 1. The molecule has 1 heterocycles. The average Bonchev–Trinajstić information content (AvgIpc) is 2.50. The first-order valence-electron chi connectivity index (χ1n) is 8.74. The third kappa shape index (κ3) is 7.40. The lowest BCUT2D eigenvalue weighted by atomic mass is 10.0. The van der Waals surface area contributed by atoms with E-state index in [2.05, 4.69) is 44.9 Å². The quantitative estimate of drug-likeness (QED) is 0.539. The zero-order valence-corrected chi connectivity index (χ0v) is 17.7. The number of carbonyl (C=O) groups excluding carboxylic acids is 1. The van der Waals surface area contributed by atoms with Gasteiger partial charge in [-0.2, -0.15) is 0 Å². The summed E-state index contributed by atoms with van der Waals surface area (Å²) in [6.45, 7) is 8.54. The molecule has 2 atom stereocenters. The van der Waals surface area contributed by atoms with Gasteiger partial charge in [0.15, 0.2) is 0 Å². The molecule has 0 aromatic heterocycles. The molecule has 2 rings (SSSR count). The fourth-order valence-corrected chi connectivity index (χ4v) is 4.17. The van der Waals surface area contributed by atoms with E-state index < -0.39 is 5.60 Å². The normalized spacial score (nSPS) is 21.6. The highest BCUT2D eigenvalue weighted by Crippen LogP contribution is 2.20. The topological polar surface area (TPSA) is 50.8 Å². The van der Waals surface area contributed by atoms with Gasteiger partial charge in [-0.3, -0.25) is 4.90 Å². The molecular formula is C19H29IN2O3. The van der Waals surface area contributed by atoms with Crippen molar-refractivity contribution in [2.24, 2.45) is 0 Å². The summed E-state index contributed by atoms with van der Waals surface area (Å²) in [5.74, 6) is 0.896. The summed E-state index contributed by atoms with van der Waals surface area (Å²) in [6, 6.07) is 8.34. The summed E-state index contributed by atoms with van der Waals surface area (Å²) in [6.07, 6.45) is 1.63. The standard InChI is InChI=1S/C19H29IN2O3/c1-19(2,3)25-18(23)21-16-11-15(20)12-22(13-16)9-8-14-6-5-7-17(10-14)24-4/h5-7,10,15-16H,8-9,11-13H2,1-4H3,(H,21,23)/t15-,16+/m0/s1. The third-order valence-corrected chi connectivity index (χ3v) is 4.95. The number of rotatable bonds is 5. The second-order valence-electron chi connectivity index (χ2n) is 7.54. The number of halogens is 1. The van der Waals surface area contributed by atoms with E-state index in [1.165, 1.54) is 5.56 Å². The number of alkyl carbamates (subject to hydrolysis) is 1. The molecule has 1 aliphatic rings. The molecule has 1 amide bonds. The molecule has 0 radical (unpaired) electrons. The Morgan fingerprint density at radius 3 is 2.80 bits per heavy atom. The molecule has 1 aromatic carbocycles. The van der Waals surface area contributed by atoms with Gasteiger partial charge in [0, 0.05) is 29.6 Å². The molecule has 0 bridgehead atoms. The number of likely N-dealkylation sites (tertiary alicyclic amines) is 1. The van der Waals surface area contributed by atoms with Crippen LogP contribution in [0.3, 0.4) is 0 Å². The lowest BCUT2D eigenvalue weighted by molar-refractivity contribution is 0.0476. The van der Waals surface area contributed by atoms with Crippen molar-refractivity contribution in [3.63, 3.8) is 0 Å². The maximum Gasteiger partial charge on any atom is 0.407 e. The van der Waals surface area contributed by atoms with E-state index in [1.807, 2.05) is 32.9 Å². The average molecular weight is 460 g/mol. The number of ether oxygens (including phenoxy) is 2. The molecule has 0 unspecified atom stereocenters. The van der Waals surface area contributed by atoms with Gasteiger partial charge in [0.25, 0.3) is 0 Å². The van der Waals surface area contributed by atoms with E-state index in [1.54, 1.807) is 7.11 Å². The summed E-state index contributed by atoms with van der Waals surface area (Å²) in [5, 5.41) is 3.02. The first kappa shape index (κ1) is 20.3. The molecule has 5 nitrogen and oxygen atoms in total. The summed E-state index contributed by atoms with van der Waals surface area (Å²) in [7, 11) is 1.69. The number of hydrogen-bond acceptors (Lipinski definition) is 4. The van der Waals surface area contributed by atoms with E-state index in [9.17, 15) is 4.79 Å². The number of amides is 1. The van der Waals surface area contributed by atoms with Crippen LogP contribution in [-0.2, 0) is 11.2 Å². The van der Waals surface area contributed by atoms with Crippen molar-refractivity contribution < 1.29 is 14.3 Å². The zero-order chi connectivity index (χ0) is 18.4. The van der Waals surface area contributed by atoms with Crippen molar-refractivity contribution in [3.05, 3.63) is 29.8 Å². The van der Waals surface area contributed by atoms with Crippen molar-refractivity contribution in [1.82, 2.24) is 10.2 Å². The number of benzene rings is 1. The van der Waals surface area contributed by atoms with E-state index in [-0.39, 0.29) is 12.1 Å². The van der Waals surface area contributed by atoms with Crippen LogP contribution >= 0.6 is 22.6 Å². The van der Waals surface area contributed by atoms with Crippen LogP contribution in [0.4, 0.5) is 4.79 Å². The Labute approximate surface area is 164 Å². The summed E-state index contributed by atoms with van der Waals surface area (Å²) in [4.78, 5) is 14.4. The highest BCUT2D eigenvalue weighted by atomic mass is 127. The first-order chi connectivity index (χ1) is 11.7. The number of piperidine rings is 1. The monoisotopic (exact) mass is 460 g/mol. The van der Waals surface area contributed by atoms with Crippen molar-refractivity contribution in [2.45, 2.75) is 49.2 Å². The van der Waals surface area contributed by atoms with Crippen molar-refractivity contribution in [3.8, 4) is 5.75 Å². The van der Waals surface area contributed by atoms with Crippen molar-refractivity contribution >= 4 is 28.7 Å². The predicted molar refractivity (Wildman–Crippen MR) is 109 cm³/mol. The molecule has 1 fully saturated rings. The number of nitrogens with zero attached hydrogens (tertiary/aromatic N) is 1. The van der Waals surface area contributed by atoms with Crippen molar-refractivity contribution in [1.29, 1.82) is 0 Å². The largest absolute Gasteiger partial charge is 0.497 e. The van der Waals surface area contributed by atoms with Gasteiger partial charge in [-0.1, -0.05) is 34.7 Å². The number of hydrogen-bond donors (Lipinski definition) is 1. The van der Waals surface area contributed by atoms with Crippen LogP contribution in [0.15, 0.2) is 24.3 Å². The highest BCUT2D eigenvalue weighted by molar-refractivity contribution is 14.1. The molecule has 1 aromatic rings. The van der Waals surface area contributed by atoms with Crippen LogP contribution in [-0.4, -0.2) is 53.3 Å². The molecule has 0 spiro atoms. The summed E-state index contributed by atoms with van der Waals surface area (Å²) >= 11 is 2.47. The molecule has 0 aliphatic carbocycles. The maximum atomic E-state index is 12.0. The predicted octanol–water partition coefficient (Wildman–Crippen LogP) is 3.64. The zero-order valence-electron chi connectivity index (χ0n) is 15.5. The molecule has 0 saturated carbocycles. The van der Waals surface area contributed by atoms with Crippen LogP contribution in [0, 0.1) is 0 Å². The van der Waals surface area contributed by atoms with E-state index >= 15 is 0 Å². The number of nitrogens with one attached hydrogen (secondary N) is 1. The third-order valence-electron chi connectivity index (χ3n) is 4.05. The fourth-order valence-electron chi connectivity index (χ4n) is 3.00. The smallest absolute Gasteiger partial charge is 0.407 e. The van der Waals surface area contributed by atoms with Gasteiger partial charge in [0.2, 0.25) is 0 Å². The van der Waals surface area contributed by atoms with Crippen LogP contribution in [0.25, 0.3) is 0 Å². The Morgan fingerprint density at radius 1 is 1.36 bits per heavy atom. The molecule has 25 heavy (non-hydrogen) atoms. The van der Waals surface area contributed by atoms with Gasteiger partial charge in [-0.25, -0.2) is 4.79 Å². The molecule has 1 aliphatic heterocycles. The Kier molecular flexibility index (Phi) is 7.37. The second kappa shape index (κ2) is 9.07. The van der Waals surface area contributed by atoms with Crippen LogP contribution in [0.1, 0.15) is 32.8 Å². The molecule has 140 valence electrons. The van der Waals surface area contributed by atoms with Crippen LogP contribution in [0.2, 0.25) is 0 Å². The van der Waals surface area contributed by atoms with Gasteiger partial charge in [-0.15, -0.1) is 0 Å². The Balaban J connectivity index is 1.85. The lowest BCUT2D eigenvalue weighted by Gasteiger charge is -2.36. The first-order valence-corrected chi connectivity index (χ1v) is 9.98. The fraction of sp³-hybridized carbons (Fsp3) is 0.632. The Morgan fingerprint density at radius 2 is 2.12 bits per heavy atom. The minimum atomic E-state index is -0.464. The lowest BCUT2D eigenvalue weighted by Crippen LogP contribution is -2.52. The number of alkyl halides is 1. The molecule has 1 N–H and O–H groups in total. The molecule has 1 saturated heterocycles. The molecule has 6 heteroatoms. The SMILES string of the molecule is COc1cccc(CCN2C[C@@H](I)C[C@@H](NC(=O)OC(C)(C)C)C2)c1. The Hall–Kier alpha value is -1.02. The summed E-state index contributed by atoms with van der Waals surface area (Å²) in [5.41, 5.74) is 0.806. The number of carbonyl (C=O) groups is 1. The minimum absolute atomic E-state index is 0.135. The Bertz CT molecular complexity index is 574. The van der Waals surface area contributed by atoms with Gasteiger partial charge >= 0.3 is 6.09 Å². The van der Waals surface area contributed by atoms with E-state index in [0.29, 0.717) is 3.92 Å². The van der Waals surface area contributed by atoms with E-state index in [4.69, 9.17) is 9.47 Å². The molecular weight excluding hydrogens is 431 g/mol. The second-order valence-corrected chi connectivity index (χ2v) is 9.30. The van der Waals surface area contributed by atoms with E-state index in [0.717, 1.165) is 38.2 Å². The van der Waals surface area contributed by atoms with Gasteiger partial charge in [0.1, 0.15) is 11.4 Å². The van der Waals surface area contributed by atoms with Crippen LogP contribution in [0.5, 0.6) is 5.75 Å². The minimum Gasteiger partial charge on any atom is -0.497 e.